The molecule has 1 aromatic heterocycles. The van der Waals surface area contributed by atoms with E-state index in [0.29, 0.717) is 11.9 Å². The number of nitro groups is 1. The van der Waals surface area contributed by atoms with Crippen LogP contribution in [0.1, 0.15) is 13.8 Å². The predicted octanol–water partition coefficient (Wildman–Crippen LogP) is 1.18. The van der Waals surface area contributed by atoms with E-state index in [9.17, 15) is 10.1 Å². The summed E-state index contributed by atoms with van der Waals surface area (Å²) in [5.74, 6) is 0.471. The number of nitrogens with zero attached hydrogens (tertiary/aromatic N) is 3. The first-order chi connectivity index (χ1) is 8.09. The van der Waals surface area contributed by atoms with Crippen molar-refractivity contribution in [1.82, 2.24) is 10.3 Å². The van der Waals surface area contributed by atoms with Gasteiger partial charge in [-0.2, -0.15) is 0 Å². The first kappa shape index (κ1) is 11.8. The zero-order chi connectivity index (χ0) is 12.4. The van der Waals surface area contributed by atoms with Crippen LogP contribution in [0, 0.1) is 10.1 Å². The zero-order valence-electron chi connectivity index (χ0n) is 9.96. The number of anilines is 1. The summed E-state index contributed by atoms with van der Waals surface area (Å²) in [5, 5.41) is 14.3. The predicted molar refractivity (Wildman–Crippen MR) is 65.2 cm³/mol. The third kappa shape index (κ3) is 2.36. The molecule has 6 nitrogen and oxygen atoms in total. The van der Waals surface area contributed by atoms with E-state index in [2.05, 4.69) is 17.2 Å². The molecular formula is C11H16N4O2. The van der Waals surface area contributed by atoms with Crippen LogP contribution in [0.2, 0.25) is 0 Å². The largest absolute Gasteiger partial charge is 0.345 e. The first-order valence-corrected chi connectivity index (χ1v) is 5.69. The molecule has 2 atom stereocenters. The van der Waals surface area contributed by atoms with Crippen LogP contribution >= 0.6 is 0 Å². The molecule has 1 aliphatic rings. The number of aromatic nitrogens is 1. The number of pyridine rings is 1. The van der Waals surface area contributed by atoms with Gasteiger partial charge in [0.2, 0.25) is 5.82 Å². The average Bonchev–Trinajstić information content (AvgIpc) is 2.32. The lowest BCUT2D eigenvalue weighted by atomic mass is 10.1. The average molecular weight is 236 g/mol. The lowest BCUT2D eigenvalue weighted by Crippen LogP contribution is -2.54. The fourth-order valence-electron chi connectivity index (χ4n) is 2.07. The van der Waals surface area contributed by atoms with Crippen LogP contribution in [0.25, 0.3) is 0 Å². The molecule has 0 bridgehead atoms. The minimum atomic E-state index is -0.373. The van der Waals surface area contributed by atoms with Crippen LogP contribution in [0.5, 0.6) is 0 Å². The summed E-state index contributed by atoms with van der Waals surface area (Å²) in [6.45, 7) is 5.65. The van der Waals surface area contributed by atoms with Crippen molar-refractivity contribution in [2.45, 2.75) is 25.9 Å². The van der Waals surface area contributed by atoms with Crippen LogP contribution in [-0.4, -0.2) is 35.1 Å². The van der Waals surface area contributed by atoms with Crippen molar-refractivity contribution in [2.24, 2.45) is 0 Å². The van der Waals surface area contributed by atoms with Gasteiger partial charge < -0.3 is 10.2 Å². The van der Waals surface area contributed by atoms with Gasteiger partial charge in [-0.05, 0) is 19.9 Å². The van der Waals surface area contributed by atoms with Crippen molar-refractivity contribution in [2.75, 3.05) is 18.0 Å². The van der Waals surface area contributed by atoms with Gasteiger partial charge in [-0.25, -0.2) is 4.98 Å². The topological polar surface area (TPSA) is 71.3 Å². The van der Waals surface area contributed by atoms with Gasteiger partial charge in [0.15, 0.2) is 0 Å². The lowest BCUT2D eigenvalue weighted by Gasteiger charge is -2.37. The van der Waals surface area contributed by atoms with Gasteiger partial charge in [-0.3, -0.25) is 10.1 Å². The van der Waals surface area contributed by atoms with E-state index < -0.39 is 0 Å². The molecule has 2 unspecified atom stereocenters. The van der Waals surface area contributed by atoms with Crippen LogP contribution in [-0.2, 0) is 0 Å². The van der Waals surface area contributed by atoms with Crippen molar-refractivity contribution >= 4 is 11.5 Å². The van der Waals surface area contributed by atoms with Crippen molar-refractivity contribution < 1.29 is 4.92 Å². The Balaban J connectivity index is 2.35. The van der Waals surface area contributed by atoms with E-state index in [1.807, 2.05) is 11.8 Å². The number of rotatable bonds is 2. The van der Waals surface area contributed by atoms with Gasteiger partial charge in [0.05, 0.1) is 4.92 Å². The van der Waals surface area contributed by atoms with Crippen molar-refractivity contribution in [3.05, 3.63) is 28.4 Å². The van der Waals surface area contributed by atoms with Gasteiger partial charge in [-0.1, -0.05) is 0 Å². The number of hydrogen-bond donors (Lipinski definition) is 1. The van der Waals surface area contributed by atoms with E-state index in [-0.39, 0.29) is 16.7 Å². The van der Waals surface area contributed by atoms with Crippen molar-refractivity contribution in [3.63, 3.8) is 0 Å². The molecule has 1 aromatic rings. The molecule has 0 amide bonds. The maximum Gasteiger partial charge on any atom is 0.311 e. The lowest BCUT2D eigenvalue weighted by molar-refractivity contribution is -0.384. The van der Waals surface area contributed by atoms with E-state index in [4.69, 9.17) is 0 Å². The molecule has 2 rings (SSSR count). The molecule has 0 saturated carbocycles. The third-order valence-electron chi connectivity index (χ3n) is 3.00. The van der Waals surface area contributed by atoms with E-state index in [1.165, 1.54) is 6.07 Å². The van der Waals surface area contributed by atoms with Crippen LogP contribution in [0.4, 0.5) is 11.5 Å². The van der Waals surface area contributed by atoms with Gasteiger partial charge >= 0.3 is 5.69 Å². The first-order valence-electron chi connectivity index (χ1n) is 5.69. The molecule has 0 radical (unpaired) electrons. The molecule has 0 aliphatic carbocycles. The Bertz CT molecular complexity index is 424. The Labute approximate surface area is 99.8 Å². The SMILES string of the molecule is CC1CN(c2ncccc2[N+](=O)[O-])C(C)CN1. The van der Waals surface area contributed by atoms with Gasteiger partial charge in [-0.15, -0.1) is 0 Å². The molecular weight excluding hydrogens is 220 g/mol. The summed E-state index contributed by atoms with van der Waals surface area (Å²) in [5.41, 5.74) is 0.0773. The monoisotopic (exact) mass is 236 g/mol. The molecule has 1 aliphatic heterocycles. The maximum atomic E-state index is 11.0. The van der Waals surface area contributed by atoms with Crippen LogP contribution in [0.3, 0.4) is 0 Å². The fourth-order valence-corrected chi connectivity index (χ4v) is 2.07. The van der Waals surface area contributed by atoms with Crippen molar-refractivity contribution in [3.8, 4) is 0 Å². The summed E-state index contributed by atoms with van der Waals surface area (Å²) >= 11 is 0. The molecule has 1 N–H and O–H groups in total. The van der Waals surface area contributed by atoms with Crippen molar-refractivity contribution in [1.29, 1.82) is 0 Å². The Kier molecular flexibility index (Phi) is 3.23. The normalized spacial score (nSPS) is 24.7. The Hall–Kier alpha value is -1.69. The minimum absolute atomic E-state index is 0.0773. The van der Waals surface area contributed by atoms with Crippen LogP contribution < -0.4 is 10.2 Å². The molecule has 1 saturated heterocycles. The van der Waals surface area contributed by atoms with Gasteiger partial charge in [0.25, 0.3) is 0 Å². The highest BCUT2D eigenvalue weighted by molar-refractivity contribution is 5.58. The Morgan fingerprint density at radius 2 is 2.35 bits per heavy atom. The fraction of sp³-hybridized carbons (Fsp3) is 0.545. The summed E-state index contributed by atoms with van der Waals surface area (Å²) in [7, 11) is 0. The molecule has 17 heavy (non-hydrogen) atoms. The second-order valence-corrected chi connectivity index (χ2v) is 4.41. The zero-order valence-corrected chi connectivity index (χ0v) is 9.96. The smallest absolute Gasteiger partial charge is 0.311 e. The summed E-state index contributed by atoms with van der Waals surface area (Å²) in [6.07, 6.45) is 1.60. The molecule has 92 valence electrons. The standard InChI is InChI=1S/C11H16N4O2/c1-8-7-14(9(2)6-13-8)11-10(15(16)17)4-3-5-12-11/h3-5,8-9,13H,6-7H2,1-2H3. The quantitative estimate of drug-likeness (QED) is 0.616. The number of nitrogens with one attached hydrogen (secondary N) is 1. The molecule has 2 heterocycles. The molecule has 1 fully saturated rings. The number of hydrogen-bond acceptors (Lipinski definition) is 5. The van der Waals surface area contributed by atoms with E-state index in [0.717, 1.165) is 13.1 Å². The molecule has 6 heteroatoms. The summed E-state index contributed by atoms with van der Waals surface area (Å²) in [6, 6.07) is 3.62. The highest BCUT2D eigenvalue weighted by Gasteiger charge is 2.28. The van der Waals surface area contributed by atoms with Crippen LogP contribution in [0.15, 0.2) is 18.3 Å². The second kappa shape index (κ2) is 4.67. The molecule has 0 aromatic carbocycles. The summed E-state index contributed by atoms with van der Waals surface area (Å²) < 4.78 is 0. The molecule has 0 spiro atoms. The van der Waals surface area contributed by atoms with E-state index >= 15 is 0 Å². The summed E-state index contributed by atoms with van der Waals surface area (Å²) in [4.78, 5) is 16.8. The van der Waals surface area contributed by atoms with Gasteiger partial charge in [0, 0.05) is 37.4 Å². The minimum Gasteiger partial charge on any atom is -0.345 e. The second-order valence-electron chi connectivity index (χ2n) is 4.41. The maximum absolute atomic E-state index is 11.0. The van der Waals surface area contributed by atoms with E-state index in [1.54, 1.807) is 12.3 Å². The Morgan fingerprint density at radius 3 is 3.06 bits per heavy atom. The number of piperazine rings is 1. The highest BCUT2D eigenvalue weighted by atomic mass is 16.6. The Morgan fingerprint density at radius 1 is 1.59 bits per heavy atom. The highest BCUT2D eigenvalue weighted by Crippen LogP contribution is 2.27. The van der Waals surface area contributed by atoms with Gasteiger partial charge in [0.1, 0.15) is 0 Å². The third-order valence-corrected chi connectivity index (χ3v) is 3.00.